The van der Waals surface area contributed by atoms with Crippen LogP contribution in [0.5, 0.6) is 0 Å². The van der Waals surface area contributed by atoms with Crippen molar-refractivity contribution in [3.8, 4) is 11.8 Å². The van der Waals surface area contributed by atoms with E-state index in [2.05, 4.69) is 65.4 Å². The first kappa shape index (κ1) is 19.3. The molecule has 136 valence electrons. The lowest BCUT2D eigenvalue weighted by molar-refractivity contribution is 0.654. The number of aryl methyl sites for hydroxylation is 1. The second-order valence-corrected chi connectivity index (χ2v) is 7.21. The van der Waals surface area contributed by atoms with Crippen molar-refractivity contribution in [3.63, 3.8) is 0 Å². The van der Waals surface area contributed by atoms with Crippen molar-refractivity contribution in [2.24, 2.45) is 4.99 Å². The van der Waals surface area contributed by atoms with E-state index in [1.807, 2.05) is 24.3 Å². The van der Waals surface area contributed by atoms with E-state index in [1.165, 1.54) is 49.7 Å². The minimum absolute atomic E-state index is 0.807. The normalized spacial score (nSPS) is 12.3. The van der Waals surface area contributed by atoms with Crippen molar-refractivity contribution in [1.82, 2.24) is 0 Å². The Kier molecular flexibility index (Phi) is 7.17. The molecule has 0 spiro atoms. The van der Waals surface area contributed by atoms with Gasteiger partial charge in [-0.2, -0.15) is 4.99 Å². The first-order valence-corrected chi connectivity index (χ1v) is 10.2. The third-order valence-electron chi connectivity index (χ3n) is 4.96. The van der Waals surface area contributed by atoms with E-state index >= 15 is 0 Å². The number of fused-ring (bicyclic) bond motifs is 1. The summed E-state index contributed by atoms with van der Waals surface area (Å²) in [5.41, 5.74) is 7.27. The van der Waals surface area contributed by atoms with E-state index in [1.54, 1.807) is 5.57 Å². The highest BCUT2D eigenvalue weighted by Gasteiger charge is 2.10. The van der Waals surface area contributed by atoms with Gasteiger partial charge in [-0.15, -0.1) is 0 Å². The lowest BCUT2D eigenvalue weighted by Gasteiger charge is -2.17. The number of unbranched alkanes of at least 4 members (excludes halogenated alkanes) is 3. The molecule has 0 bridgehead atoms. The number of aliphatic imine (C=N–C) groups is 1. The molecule has 0 unspecified atom stereocenters. The summed E-state index contributed by atoms with van der Waals surface area (Å²) in [6.07, 6.45) is 11.3. The lowest BCUT2D eigenvalue weighted by Crippen LogP contribution is -2.00. The van der Waals surface area contributed by atoms with Gasteiger partial charge in [0.25, 0.3) is 0 Å². The van der Waals surface area contributed by atoms with Gasteiger partial charge in [0.2, 0.25) is 0 Å². The SMILES string of the molecule is CCCCCCC1=Cc2ccc(C#Cc3ccc(N=C=S)cc3)cc2CC1. The number of hydrogen-bond donors (Lipinski definition) is 0. The number of isothiocyanates is 1. The summed E-state index contributed by atoms with van der Waals surface area (Å²) in [6.45, 7) is 2.27. The van der Waals surface area contributed by atoms with E-state index in [0.717, 1.165) is 23.2 Å². The number of rotatable bonds is 6. The topological polar surface area (TPSA) is 12.4 Å². The zero-order valence-corrected chi connectivity index (χ0v) is 16.7. The Hall–Kier alpha value is -2.46. The van der Waals surface area contributed by atoms with Crippen molar-refractivity contribution in [2.45, 2.75) is 51.9 Å². The monoisotopic (exact) mass is 371 g/mol. The highest BCUT2D eigenvalue weighted by Crippen LogP contribution is 2.27. The molecule has 0 N–H and O–H groups in total. The predicted octanol–water partition coefficient (Wildman–Crippen LogP) is 7.12. The first-order chi connectivity index (χ1) is 13.3. The van der Waals surface area contributed by atoms with Gasteiger partial charge in [-0.3, -0.25) is 0 Å². The molecule has 3 rings (SSSR count). The maximum absolute atomic E-state index is 4.62. The summed E-state index contributed by atoms with van der Waals surface area (Å²) in [4.78, 5) is 3.96. The molecule has 0 heterocycles. The van der Waals surface area contributed by atoms with Crippen molar-refractivity contribution in [3.05, 3.63) is 70.3 Å². The van der Waals surface area contributed by atoms with Gasteiger partial charge in [0.05, 0.1) is 10.8 Å². The minimum atomic E-state index is 0.807. The van der Waals surface area contributed by atoms with Gasteiger partial charge in [-0.1, -0.05) is 55.7 Å². The summed E-state index contributed by atoms with van der Waals surface area (Å²) in [5.74, 6) is 6.52. The highest BCUT2D eigenvalue weighted by atomic mass is 32.1. The number of nitrogens with zero attached hydrogens (tertiary/aromatic N) is 1. The fraction of sp³-hybridized carbons (Fsp3) is 0.320. The zero-order valence-electron chi connectivity index (χ0n) is 15.9. The molecule has 27 heavy (non-hydrogen) atoms. The van der Waals surface area contributed by atoms with Crippen LogP contribution in [-0.2, 0) is 6.42 Å². The van der Waals surface area contributed by atoms with Crippen LogP contribution < -0.4 is 0 Å². The molecular weight excluding hydrogens is 346 g/mol. The van der Waals surface area contributed by atoms with Crippen LogP contribution in [0.3, 0.4) is 0 Å². The van der Waals surface area contributed by atoms with Gasteiger partial charge < -0.3 is 0 Å². The zero-order chi connectivity index (χ0) is 18.9. The van der Waals surface area contributed by atoms with Crippen LogP contribution >= 0.6 is 12.2 Å². The average Bonchev–Trinajstić information content (AvgIpc) is 2.71. The highest BCUT2D eigenvalue weighted by molar-refractivity contribution is 7.78. The van der Waals surface area contributed by atoms with Crippen LogP contribution in [0.2, 0.25) is 0 Å². The number of benzene rings is 2. The summed E-state index contributed by atoms with van der Waals surface area (Å²) < 4.78 is 0. The van der Waals surface area contributed by atoms with Crippen LogP contribution in [0.4, 0.5) is 5.69 Å². The van der Waals surface area contributed by atoms with Gasteiger partial charge in [-0.05, 0) is 85.4 Å². The Labute approximate surface area is 168 Å². The molecule has 0 aromatic heterocycles. The maximum atomic E-state index is 4.62. The van der Waals surface area contributed by atoms with E-state index in [0.29, 0.717) is 0 Å². The number of thiocarbonyl (C=S) groups is 1. The van der Waals surface area contributed by atoms with Crippen LogP contribution in [0.15, 0.2) is 53.0 Å². The number of allylic oxidation sites excluding steroid dienone is 1. The summed E-state index contributed by atoms with van der Waals surface area (Å²) >= 11 is 4.62. The van der Waals surface area contributed by atoms with Crippen LogP contribution in [0, 0.1) is 11.8 Å². The molecule has 0 radical (unpaired) electrons. The molecule has 1 aliphatic rings. The smallest absolute Gasteiger partial charge is 0.0740 e. The van der Waals surface area contributed by atoms with E-state index in [4.69, 9.17) is 0 Å². The van der Waals surface area contributed by atoms with Crippen molar-refractivity contribution in [1.29, 1.82) is 0 Å². The molecule has 2 aromatic carbocycles. The fourth-order valence-electron chi connectivity index (χ4n) is 3.42. The number of hydrogen-bond acceptors (Lipinski definition) is 2. The maximum Gasteiger partial charge on any atom is 0.0740 e. The fourth-order valence-corrected chi connectivity index (χ4v) is 3.53. The van der Waals surface area contributed by atoms with Crippen LogP contribution in [0.1, 0.15) is 67.7 Å². The summed E-state index contributed by atoms with van der Waals surface area (Å²) in [7, 11) is 0. The third-order valence-corrected chi connectivity index (χ3v) is 5.05. The molecule has 1 aliphatic carbocycles. The molecule has 0 atom stereocenters. The quantitative estimate of drug-likeness (QED) is 0.228. The van der Waals surface area contributed by atoms with E-state index in [9.17, 15) is 0 Å². The van der Waals surface area contributed by atoms with Crippen molar-refractivity contribution >= 4 is 29.1 Å². The van der Waals surface area contributed by atoms with Crippen molar-refractivity contribution < 1.29 is 0 Å². The molecule has 2 heteroatoms. The summed E-state index contributed by atoms with van der Waals surface area (Å²) in [5, 5.41) is 2.38. The predicted molar refractivity (Wildman–Crippen MR) is 119 cm³/mol. The van der Waals surface area contributed by atoms with Gasteiger partial charge in [-0.25, -0.2) is 0 Å². The van der Waals surface area contributed by atoms with Crippen LogP contribution in [0.25, 0.3) is 6.08 Å². The molecule has 0 amide bonds. The second kappa shape index (κ2) is 10.0. The molecule has 0 saturated heterocycles. The average molecular weight is 372 g/mol. The molecule has 1 nitrogen and oxygen atoms in total. The third kappa shape index (κ3) is 5.76. The molecule has 0 saturated carbocycles. The Bertz CT molecular complexity index is 919. The van der Waals surface area contributed by atoms with Gasteiger partial charge in [0.1, 0.15) is 0 Å². The Morgan fingerprint density at radius 3 is 2.48 bits per heavy atom. The Morgan fingerprint density at radius 1 is 0.926 bits per heavy atom. The van der Waals surface area contributed by atoms with Gasteiger partial charge >= 0.3 is 0 Å². The second-order valence-electron chi connectivity index (χ2n) is 7.03. The Balaban J connectivity index is 1.67. The molecule has 0 fully saturated rings. The first-order valence-electron chi connectivity index (χ1n) is 9.81. The molecule has 2 aromatic rings. The minimum Gasteiger partial charge on any atom is -0.195 e. The Morgan fingerprint density at radius 2 is 1.70 bits per heavy atom. The van der Waals surface area contributed by atoms with E-state index in [-0.39, 0.29) is 0 Å². The van der Waals surface area contributed by atoms with Crippen molar-refractivity contribution in [2.75, 3.05) is 0 Å². The van der Waals surface area contributed by atoms with Gasteiger partial charge in [0.15, 0.2) is 0 Å². The molecular formula is C25H25NS. The standard InChI is InChI=1S/C25H25NS/c1-2-3-4-5-6-21-9-13-24-18-22(10-14-23(24)17-21)8-7-20-11-15-25(16-12-20)26-19-27/h10-12,14-18H,2-6,9,13H2,1H3. The molecule has 0 aliphatic heterocycles. The van der Waals surface area contributed by atoms with E-state index < -0.39 is 0 Å². The summed E-state index contributed by atoms with van der Waals surface area (Å²) in [6, 6.07) is 14.3. The lowest BCUT2D eigenvalue weighted by atomic mass is 9.88. The van der Waals surface area contributed by atoms with Crippen LogP contribution in [-0.4, -0.2) is 5.16 Å². The largest absolute Gasteiger partial charge is 0.195 e. The van der Waals surface area contributed by atoms with Gasteiger partial charge in [0, 0.05) is 11.1 Å².